The summed E-state index contributed by atoms with van der Waals surface area (Å²) in [6.45, 7) is 2.70. The molecule has 0 aromatic carbocycles. The number of hydrogen-bond acceptors (Lipinski definition) is 4. The van der Waals surface area contributed by atoms with Crippen LogP contribution < -0.4 is 10.3 Å². The van der Waals surface area contributed by atoms with Crippen molar-refractivity contribution in [3.05, 3.63) is 51.8 Å². The average molecular weight is 330 g/mol. The summed E-state index contributed by atoms with van der Waals surface area (Å²) in [4.78, 5) is 28.9. The van der Waals surface area contributed by atoms with Crippen molar-refractivity contribution in [3.8, 4) is 5.75 Å². The molecule has 1 amide bonds. The third-order valence-corrected chi connectivity index (χ3v) is 4.46. The Hall–Kier alpha value is -2.50. The zero-order valence-corrected chi connectivity index (χ0v) is 14.0. The fourth-order valence-corrected chi connectivity index (χ4v) is 3.18. The Morgan fingerprint density at radius 3 is 2.96 bits per heavy atom. The Labute approximate surface area is 140 Å². The van der Waals surface area contributed by atoms with E-state index in [9.17, 15) is 9.59 Å². The Kier molecular flexibility index (Phi) is 4.74. The highest BCUT2D eigenvalue weighted by Crippen LogP contribution is 2.34. The number of ether oxygens (including phenoxy) is 1. The van der Waals surface area contributed by atoms with Crippen molar-refractivity contribution in [2.24, 2.45) is 0 Å². The molecule has 2 aromatic rings. The van der Waals surface area contributed by atoms with Gasteiger partial charge < -0.3 is 19.0 Å². The molecule has 1 atom stereocenters. The van der Waals surface area contributed by atoms with Gasteiger partial charge >= 0.3 is 0 Å². The number of pyridine rings is 1. The fraction of sp³-hybridized carbons (Fsp3) is 0.444. The number of aryl methyl sites for hydroxylation is 1. The van der Waals surface area contributed by atoms with Gasteiger partial charge in [0.1, 0.15) is 17.3 Å². The second kappa shape index (κ2) is 6.95. The molecule has 128 valence electrons. The number of hydrogen-bond donors (Lipinski definition) is 1. The highest BCUT2D eigenvalue weighted by Gasteiger charge is 2.32. The normalized spacial score (nSPS) is 17.8. The number of aromatic amines is 1. The number of carbonyl (C=O) groups is 1. The van der Waals surface area contributed by atoms with Gasteiger partial charge in [-0.1, -0.05) is 6.92 Å². The van der Waals surface area contributed by atoms with Crippen LogP contribution in [0.3, 0.4) is 0 Å². The molecule has 3 rings (SSSR count). The molecule has 1 saturated heterocycles. The first-order valence-corrected chi connectivity index (χ1v) is 8.30. The number of nitrogens with one attached hydrogen (secondary N) is 1. The topological polar surface area (TPSA) is 75.5 Å². The van der Waals surface area contributed by atoms with Crippen LogP contribution in [0.25, 0.3) is 0 Å². The van der Waals surface area contributed by atoms with Crippen molar-refractivity contribution in [3.63, 3.8) is 0 Å². The first-order valence-electron chi connectivity index (χ1n) is 8.30. The number of aromatic nitrogens is 1. The molecule has 24 heavy (non-hydrogen) atoms. The van der Waals surface area contributed by atoms with E-state index in [0.29, 0.717) is 17.9 Å². The largest absolute Gasteiger partial charge is 0.496 e. The maximum Gasteiger partial charge on any atom is 0.259 e. The molecule has 0 aliphatic carbocycles. The number of methoxy groups -OCH3 is 1. The minimum atomic E-state index is -0.294. The van der Waals surface area contributed by atoms with Crippen molar-refractivity contribution < 1.29 is 13.9 Å². The summed E-state index contributed by atoms with van der Waals surface area (Å²) in [6, 6.07) is 5.14. The molecule has 0 bridgehead atoms. The van der Waals surface area contributed by atoms with Crippen LogP contribution in [-0.2, 0) is 6.42 Å². The molecule has 0 saturated carbocycles. The predicted octanol–water partition coefficient (Wildman–Crippen LogP) is 2.91. The molecular weight excluding hydrogens is 308 g/mol. The first-order chi connectivity index (χ1) is 11.6. The zero-order valence-electron chi connectivity index (χ0n) is 14.0. The van der Waals surface area contributed by atoms with Gasteiger partial charge in [-0.3, -0.25) is 9.59 Å². The van der Waals surface area contributed by atoms with E-state index in [1.165, 1.54) is 19.4 Å². The number of rotatable bonds is 4. The SMILES string of the molecule is CCc1ccc(C2CCCCN2C(=O)c2c[nH]c(=O)cc2OC)o1. The van der Waals surface area contributed by atoms with Gasteiger partial charge in [0.25, 0.3) is 11.5 Å². The molecule has 0 radical (unpaired) electrons. The van der Waals surface area contributed by atoms with E-state index < -0.39 is 0 Å². The van der Waals surface area contributed by atoms with Crippen LogP contribution in [0.5, 0.6) is 5.75 Å². The fourth-order valence-electron chi connectivity index (χ4n) is 3.18. The number of piperidine rings is 1. The zero-order chi connectivity index (χ0) is 17.1. The standard InChI is InChI=1S/C18H22N2O4/c1-3-12-7-8-15(24-12)14-6-4-5-9-20(14)18(22)13-11-19-17(21)10-16(13)23-2/h7-8,10-11,14H,3-6,9H2,1-2H3,(H,19,21). The summed E-state index contributed by atoms with van der Waals surface area (Å²) in [6.07, 6.45) is 5.13. The van der Waals surface area contributed by atoms with E-state index in [1.807, 2.05) is 24.0 Å². The van der Waals surface area contributed by atoms with Gasteiger partial charge in [-0.25, -0.2) is 0 Å². The summed E-state index contributed by atoms with van der Waals surface area (Å²) < 4.78 is 11.1. The predicted molar refractivity (Wildman–Crippen MR) is 89.3 cm³/mol. The highest BCUT2D eigenvalue weighted by atomic mass is 16.5. The smallest absolute Gasteiger partial charge is 0.259 e. The lowest BCUT2D eigenvalue weighted by molar-refractivity contribution is 0.0575. The number of amides is 1. The van der Waals surface area contributed by atoms with Gasteiger partial charge in [-0.05, 0) is 31.4 Å². The van der Waals surface area contributed by atoms with E-state index >= 15 is 0 Å². The summed E-state index contributed by atoms with van der Waals surface area (Å²) in [5.74, 6) is 1.89. The third-order valence-electron chi connectivity index (χ3n) is 4.46. The van der Waals surface area contributed by atoms with E-state index in [1.54, 1.807) is 0 Å². The van der Waals surface area contributed by atoms with Crippen molar-refractivity contribution in [1.82, 2.24) is 9.88 Å². The summed E-state index contributed by atoms with van der Waals surface area (Å²) in [5, 5.41) is 0. The third kappa shape index (κ3) is 3.09. The molecule has 0 spiro atoms. The minimum Gasteiger partial charge on any atom is -0.496 e. The van der Waals surface area contributed by atoms with Gasteiger partial charge in [0.05, 0.1) is 18.7 Å². The van der Waals surface area contributed by atoms with Crippen LogP contribution >= 0.6 is 0 Å². The molecule has 6 nitrogen and oxygen atoms in total. The van der Waals surface area contributed by atoms with Crippen LogP contribution in [0.4, 0.5) is 0 Å². The molecule has 1 fully saturated rings. The number of carbonyl (C=O) groups excluding carboxylic acids is 1. The molecule has 2 aromatic heterocycles. The Bertz CT molecular complexity index is 777. The molecule has 1 aliphatic heterocycles. The lowest BCUT2D eigenvalue weighted by atomic mass is 9.99. The quantitative estimate of drug-likeness (QED) is 0.935. The Morgan fingerprint density at radius 1 is 1.42 bits per heavy atom. The minimum absolute atomic E-state index is 0.0804. The molecular formula is C18H22N2O4. The number of likely N-dealkylation sites (tertiary alicyclic amines) is 1. The van der Waals surface area contributed by atoms with Crippen molar-refractivity contribution in [2.75, 3.05) is 13.7 Å². The van der Waals surface area contributed by atoms with Gasteiger partial charge in [0, 0.05) is 25.2 Å². The van der Waals surface area contributed by atoms with Crippen molar-refractivity contribution >= 4 is 5.91 Å². The molecule has 1 N–H and O–H groups in total. The maximum atomic E-state index is 13.0. The van der Waals surface area contributed by atoms with Crippen molar-refractivity contribution in [1.29, 1.82) is 0 Å². The number of H-pyrrole nitrogens is 1. The van der Waals surface area contributed by atoms with Gasteiger partial charge in [0.2, 0.25) is 0 Å². The molecule has 1 aliphatic rings. The number of nitrogens with zero attached hydrogens (tertiary/aromatic N) is 1. The molecule has 6 heteroatoms. The molecule has 1 unspecified atom stereocenters. The maximum absolute atomic E-state index is 13.0. The van der Waals surface area contributed by atoms with Crippen LogP contribution in [-0.4, -0.2) is 29.4 Å². The Balaban J connectivity index is 1.93. The lowest BCUT2D eigenvalue weighted by Gasteiger charge is -2.34. The van der Waals surface area contributed by atoms with Gasteiger partial charge in [0.15, 0.2) is 0 Å². The van der Waals surface area contributed by atoms with E-state index in [2.05, 4.69) is 4.98 Å². The lowest BCUT2D eigenvalue weighted by Crippen LogP contribution is -2.38. The molecule has 3 heterocycles. The Morgan fingerprint density at radius 2 is 2.25 bits per heavy atom. The van der Waals surface area contributed by atoms with E-state index in [4.69, 9.17) is 9.15 Å². The van der Waals surface area contributed by atoms with Gasteiger partial charge in [-0.15, -0.1) is 0 Å². The second-order valence-electron chi connectivity index (χ2n) is 5.95. The summed E-state index contributed by atoms with van der Waals surface area (Å²) in [7, 11) is 1.46. The first kappa shape index (κ1) is 16.4. The highest BCUT2D eigenvalue weighted by molar-refractivity contribution is 5.96. The van der Waals surface area contributed by atoms with E-state index in [0.717, 1.165) is 37.2 Å². The van der Waals surface area contributed by atoms with Crippen LogP contribution in [0, 0.1) is 0 Å². The van der Waals surface area contributed by atoms with E-state index in [-0.39, 0.29) is 17.5 Å². The van der Waals surface area contributed by atoms with Crippen LogP contribution in [0.1, 0.15) is 54.1 Å². The van der Waals surface area contributed by atoms with Crippen LogP contribution in [0.2, 0.25) is 0 Å². The summed E-state index contributed by atoms with van der Waals surface area (Å²) >= 11 is 0. The van der Waals surface area contributed by atoms with Crippen LogP contribution in [0.15, 0.2) is 33.6 Å². The second-order valence-corrected chi connectivity index (χ2v) is 5.95. The van der Waals surface area contributed by atoms with Crippen molar-refractivity contribution in [2.45, 2.75) is 38.6 Å². The monoisotopic (exact) mass is 330 g/mol. The average Bonchev–Trinajstić information content (AvgIpc) is 3.10. The van der Waals surface area contributed by atoms with Gasteiger partial charge in [-0.2, -0.15) is 0 Å². The number of furan rings is 1. The summed E-state index contributed by atoms with van der Waals surface area (Å²) in [5.41, 5.74) is 0.0727.